The van der Waals surface area contributed by atoms with Crippen molar-refractivity contribution in [2.24, 2.45) is 0 Å². The molecule has 0 unspecified atom stereocenters. The van der Waals surface area contributed by atoms with Gasteiger partial charge in [-0.2, -0.15) is 0 Å². The first-order valence-corrected chi connectivity index (χ1v) is 8.94. The maximum atomic E-state index is 12.2. The van der Waals surface area contributed by atoms with E-state index < -0.39 is 0 Å². The Morgan fingerprint density at radius 1 is 1.12 bits per heavy atom. The first-order valence-electron chi connectivity index (χ1n) is 8.94. The van der Waals surface area contributed by atoms with Crippen molar-refractivity contribution in [1.29, 1.82) is 0 Å². The Labute approximate surface area is 153 Å². The average Bonchev–Trinajstić information content (AvgIpc) is 3.03. The van der Waals surface area contributed by atoms with Crippen molar-refractivity contribution >= 4 is 22.5 Å². The van der Waals surface area contributed by atoms with Crippen molar-refractivity contribution in [3.63, 3.8) is 0 Å². The Hall–Kier alpha value is -2.79. The monoisotopic (exact) mass is 351 g/mol. The molecular formula is C21H25N3O2. The number of rotatable bonds is 8. The number of carbonyl (C=O) groups is 1. The number of hydrogen-bond donors (Lipinski definition) is 3. The molecule has 3 aromatic rings. The maximum Gasteiger partial charge on any atom is 0.238 e. The average molecular weight is 351 g/mol. The number of H-pyrrole nitrogens is 1. The second-order valence-corrected chi connectivity index (χ2v) is 6.50. The SMILES string of the molecule is CC(C)Oc1ccccc1NC(=O)CNCCc1c[nH]c2ccccc12. The zero-order valence-electron chi connectivity index (χ0n) is 15.2. The Kier molecular flexibility index (Phi) is 5.92. The largest absolute Gasteiger partial charge is 0.489 e. The number of nitrogens with one attached hydrogen (secondary N) is 3. The smallest absolute Gasteiger partial charge is 0.238 e. The molecule has 2 aromatic carbocycles. The lowest BCUT2D eigenvalue weighted by molar-refractivity contribution is -0.115. The minimum Gasteiger partial charge on any atom is -0.489 e. The highest BCUT2D eigenvalue weighted by atomic mass is 16.5. The van der Waals surface area contributed by atoms with Gasteiger partial charge in [0.15, 0.2) is 0 Å². The van der Waals surface area contributed by atoms with Crippen LogP contribution in [0.2, 0.25) is 0 Å². The fourth-order valence-electron chi connectivity index (χ4n) is 2.88. The van der Waals surface area contributed by atoms with Gasteiger partial charge in [0.1, 0.15) is 5.75 Å². The molecule has 1 aromatic heterocycles. The van der Waals surface area contributed by atoms with E-state index in [1.54, 1.807) is 0 Å². The molecular weight excluding hydrogens is 326 g/mol. The van der Waals surface area contributed by atoms with Crippen LogP contribution >= 0.6 is 0 Å². The summed E-state index contributed by atoms with van der Waals surface area (Å²) in [4.78, 5) is 15.5. The van der Waals surface area contributed by atoms with Gasteiger partial charge in [-0.3, -0.25) is 4.79 Å². The minimum atomic E-state index is -0.0799. The predicted octanol–water partition coefficient (Wildman–Crippen LogP) is 3.73. The van der Waals surface area contributed by atoms with Crippen LogP contribution in [0.1, 0.15) is 19.4 Å². The molecule has 0 atom stereocenters. The van der Waals surface area contributed by atoms with Crippen LogP contribution in [0, 0.1) is 0 Å². The summed E-state index contributed by atoms with van der Waals surface area (Å²) in [5.41, 5.74) is 3.09. The van der Waals surface area contributed by atoms with Gasteiger partial charge in [0.25, 0.3) is 0 Å². The maximum absolute atomic E-state index is 12.2. The standard InChI is InChI=1S/C21H25N3O2/c1-15(2)26-20-10-6-5-9-19(20)24-21(25)14-22-12-11-16-13-23-18-8-4-3-7-17(16)18/h3-10,13,15,22-23H,11-12,14H2,1-2H3,(H,24,25). The lowest BCUT2D eigenvalue weighted by Crippen LogP contribution is -2.29. The van der Waals surface area contributed by atoms with Crippen molar-refractivity contribution in [2.45, 2.75) is 26.4 Å². The molecule has 0 saturated carbocycles. The number of aromatic amines is 1. The molecule has 0 aliphatic carbocycles. The van der Waals surface area contributed by atoms with E-state index in [1.165, 1.54) is 10.9 Å². The van der Waals surface area contributed by atoms with Crippen LogP contribution in [0.3, 0.4) is 0 Å². The number of hydrogen-bond acceptors (Lipinski definition) is 3. The number of benzene rings is 2. The van der Waals surface area contributed by atoms with Crippen molar-refractivity contribution in [3.05, 3.63) is 60.3 Å². The fourth-order valence-corrected chi connectivity index (χ4v) is 2.88. The number of ether oxygens (including phenoxy) is 1. The molecule has 0 fully saturated rings. The van der Waals surface area contributed by atoms with Crippen LogP contribution in [0.5, 0.6) is 5.75 Å². The molecule has 26 heavy (non-hydrogen) atoms. The Morgan fingerprint density at radius 3 is 2.73 bits per heavy atom. The predicted molar refractivity (Wildman–Crippen MR) is 106 cm³/mol. The number of carbonyl (C=O) groups excluding carboxylic acids is 1. The second-order valence-electron chi connectivity index (χ2n) is 6.50. The quantitative estimate of drug-likeness (QED) is 0.542. The fraction of sp³-hybridized carbons (Fsp3) is 0.286. The van der Waals surface area contributed by atoms with Gasteiger partial charge in [-0.1, -0.05) is 30.3 Å². The highest BCUT2D eigenvalue weighted by molar-refractivity contribution is 5.93. The Bertz CT molecular complexity index is 870. The van der Waals surface area contributed by atoms with Gasteiger partial charge >= 0.3 is 0 Å². The van der Waals surface area contributed by atoms with Gasteiger partial charge in [0.2, 0.25) is 5.91 Å². The number of aromatic nitrogens is 1. The van der Waals surface area contributed by atoms with E-state index in [9.17, 15) is 4.79 Å². The van der Waals surface area contributed by atoms with E-state index in [0.717, 1.165) is 18.5 Å². The van der Waals surface area contributed by atoms with Crippen LogP contribution in [0.25, 0.3) is 10.9 Å². The summed E-state index contributed by atoms with van der Waals surface area (Å²) >= 11 is 0. The van der Waals surface area contributed by atoms with Gasteiger partial charge in [0, 0.05) is 17.1 Å². The van der Waals surface area contributed by atoms with Crippen molar-refractivity contribution in [1.82, 2.24) is 10.3 Å². The molecule has 0 aliphatic heterocycles. The van der Waals surface area contributed by atoms with Crippen LogP contribution in [-0.4, -0.2) is 30.1 Å². The number of amides is 1. The first kappa shape index (κ1) is 18.0. The van der Waals surface area contributed by atoms with Crippen molar-refractivity contribution in [2.75, 3.05) is 18.4 Å². The van der Waals surface area contributed by atoms with Crippen LogP contribution in [-0.2, 0) is 11.2 Å². The molecule has 136 valence electrons. The normalized spacial score (nSPS) is 11.0. The summed E-state index contributed by atoms with van der Waals surface area (Å²) in [6.07, 6.45) is 2.96. The summed E-state index contributed by atoms with van der Waals surface area (Å²) in [5.74, 6) is 0.610. The lowest BCUT2D eigenvalue weighted by atomic mass is 10.1. The third-order valence-electron chi connectivity index (χ3n) is 4.06. The molecule has 0 bridgehead atoms. The molecule has 3 N–H and O–H groups in total. The molecule has 3 rings (SSSR count). The highest BCUT2D eigenvalue weighted by Gasteiger charge is 2.09. The molecule has 0 aliphatic rings. The van der Waals surface area contributed by atoms with Crippen LogP contribution in [0.15, 0.2) is 54.7 Å². The summed E-state index contributed by atoms with van der Waals surface area (Å²) in [6, 6.07) is 15.7. The number of para-hydroxylation sites is 3. The Morgan fingerprint density at radius 2 is 1.88 bits per heavy atom. The Balaban J connectivity index is 1.48. The molecule has 1 heterocycles. The van der Waals surface area contributed by atoms with Gasteiger partial charge in [-0.15, -0.1) is 0 Å². The molecule has 5 nitrogen and oxygen atoms in total. The van der Waals surface area contributed by atoms with E-state index in [-0.39, 0.29) is 18.6 Å². The van der Waals surface area contributed by atoms with Crippen molar-refractivity contribution in [3.8, 4) is 5.75 Å². The molecule has 0 radical (unpaired) electrons. The molecule has 1 amide bonds. The summed E-state index contributed by atoms with van der Waals surface area (Å²) in [5, 5.41) is 7.34. The molecule has 5 heteroatoms. The van der Waals surface area contributed by atoms with Crippen LogP contribution < -0.4 is 15.4 Å². The van der Waals surface area contributed by atoms with E-state index in [2.05, 4.69) is 27.8 Å². The zero-order chi connectivity index (χ0) is 18.4. The minimum absolute atomic E-state index is 0.0577. The highest BCUT2D eigenvalue weighted by Crippen LogP contribution is 2.24. The van der Waals surface area contributed by atoms with Crippen molar-refractivity contribution < 1.29 is 9.53 Å². The van der Waals surface area contributed by atoms with E-state index >= 15 is 0 Å². The summed E-state index contributed by atoms with van der Waals surface area (Å²) < 4.78 is 5.72. The number of fused-ring (bicyclic) bond motifs is 1. The van der Waals surface area contributed by atoms with Gasteiger partial charge in [0.05, 0.1) is 18.3 Å². The van der Waals surface area contributed by atoms with Gasteiger partial charge in [-0.05, 0) is 50.6 Å². The zero-order valence-corrected chi connectivity index (χ0v) is 15.2. The van der Waals surface area contributed by atoms with Gasteiger partial charge in [-0.25, -0.2) is 0 Å². The lowest BCUT2D eigenvalue weighted by Gasteiger charge is -2.15. The molecule has 0 saturated heterocycles. The van der Waals surface area contributed by atoms with E-state index in [4.69, 9.17) is 4.74 Å². The summed E-state index contributed by atoms with van der Waals surface area (Å²) in [6.45, 7) is 4.92. The van der Waals surface area contributed by atoms with E-state index in [1.807, 2.05) is 56.4 Å². The first-order chi connectivity index (χ1) is 12.6. The number of anilines is 1. The third-order valence-corrected chi connectivity index (χ3v) is 4.06. The summed E-state index contributed by atoms with van der Waals surface area (Å²) in [7, 11) is 0. The second kappa shape index (κ2) is 8.54. The van der Waals surface area contributed by atoms with E-state index in [0.29, 0.717) is 11.4 Å². The third kappa shape index (κ3) is 4.64. The topological polar surface area (TPSA) is 66.2 Å². The van der Waals surface area contributed by atoms with Crippen LogP contribution in [0.4, 0.5) is 5.69 Å². The van der Waals surface area contributed by atoms with Gasteiger partial charge < -0.3 is 20.4 Å². The molecule has 0 spiro atoms.